The van der Waals surface area contributed by atoms with Gasteiger partial charge in [-0.05, 0) is 22.8 Å². The van der Waals surface area contributed by atoms with Gasteiger partial charge in [0, 0.05) is 58.1 Å². The molecule has 1 N–H and O–H groups in total. The van der Waals surface area contributed by atoms with Crippen molar-refractivity contribution in [1.29, 1.82) is 0 Å². The summed E-state index contributed by atoms with van der Waals surface area (Å²) < 4.78 is 0. The molecule has 0 saturated carbocycles. The first-order valence-corrected chi connectivity index (χ1v) is 11.0. The number of nitrogens with one attached hydrogen (secondary N) is 1. The minimum atomic E-state index is 0.0951. The van der Waals surface area contributed by atoms with Crippen molar-refractivity contribution in [1.82, 2.24) is 20.1 Å². The van der Waals surface area contributed by atoms with Crippen LogP contribution in [0, 0.1) is 0 Å². The van der Waals surface area contributed by atoms with E-state index in [0.29, 0.717) is 13.0 Å². The summed E-state index contributed by atoms with van der Waals surface area (Å²) in [7, 11) is 0. The highest BCUT2D eigenvalue weighted by molar-refractivity contribution is 5.76. The molecule has 2 aromatic carbocycles. The maximum Gasteiger partial charge on any atom is 0.221 e. The molecule has 4 rings (SSSR count). The van der Waals surface area contributed by atoms with Crippen molar-refractivity contribution in [2.24, 2.45) is 0 Å². The fourth-order valence-electron chi connectivity index (χ4n) is 4.18. The third-order valence-electron chi connectivity index (χ3n) is 5.87. The van der Waals surface area contributed by atoms with Gasteiger partial charge in [-0.1, -0.05) is 66.7 Å². The molecule has 1 aromatic heterocycles. The van der Waals surface area contributed by atoms with E-state index in [4.69, 9.17) is 0 Å². The van der Waals surface area contributed by atoms with Crippen LogP contribution in [-0.4, -0.2) is 53.4 Å². The highest BCUT2D eigenvalue weighted by Crippen LogP contribution is 2.29. The minimum Gasteiger partial charge on any atom is -0.352 e. The Bertz CT molecular complexity index is 886. The van der Waals surface area contributed by atoms with E-state index < -0.39 is 0 Å². The number of pyridine rings is 1. The summed E-state index contributed by atoms with van der Waals surface area (Å²) in [5.74, 6) is 0.0951. The third-order valence-corrected chi connectivity index (χ3v) is 5.87. The van der Waals surface area contributed by atoms with Crippen LogP contribution in [0.1, 0.15) is 29.2 Å². The highest BCUT2D eigenvalue weighted by atomic mass is 16.1. The quantitative estimate of drug-likeness (QED) is 0.613. The zero-order chi connectivity index (χ0) is 21.3. The van der Waals surface area contributed by atoms with E-state index in [2.05, 4.69) is 80.8 Å². The normalized spacial score (nSPS) is 15.1. The lowest BCUT2D eigenvalue weighted by Crippen LogP contribution is -2.48. The number of nitrogens with zero attached hydrogens (tertiary/aromatic N) is 3. The van der Waals surface area contributed by atoms with Crippen LogP contribution in [-0.2, 0) is 11.3 Å². The zero-order valence-electron chi connectivity index (χ0n) is 17.9. The van der Waals surface area contributed by atoms with E-state index in [9.17, 15) is 4.79 Å². The van der Waals surface area contributed by atoms with Gasteiger partial charge in [-0.15, -0.1) is 0 Å². The molecule has 0 bridgehead atoms. The Morgan fingerprint density at radius 3 is 2.10 bits per heavy atom. The SMILES string of the molecule is O=C(CCN1CCN(C(c2ccccc2)c2ccccc2)CC1)NCc1cccnc1. The predicted octanol–water partition coefficient (Wildman–Crippen LogP) is 3.50. The Kier molecular flexibility index (Phi) is 7.42. The molecule has 5 nitrogen and oxygen atoms in total. The van der Waals surface area contributed by atoms with Crippen LogP contribution in [0.2, 0.25) is 0 Å². The minimum absolute atomic E-state index is 0.0951. The maximum atomic E-state index is 12.2. The molecule has 1 aliphatic rings. The molecule has 3 aromatic rings. The van der Waals surface area contributed by atoms with E-state index in [-0.39, 0.29) is 11.9 Å². The van der Waals surface area contributed by atoms with Crippen LogP contribution in [0.3, 0.4) is 0 Å². The van der Waals surface area contributed by atoms with Crippen LogP contribution in [0.5, 0.6) is 0 Å². The third kappa shape index (κ3) is 6.00. The number of carbonyl (C=O) groups excluding carboxylic acids is 1. The molecule has 0 radical (unpaired) electrons. The number of piperazine rings is 1. The second kappa shape index (κ2) is 10.8. The van der Waals surface area contributed by atoms with Crippen molar-refractivity contribution in [3.63, 3.8) is 0 Å². The smallest absolute Gasteiger partial charge is 0.221 e. The van der Waals surface area contributed by atoms with E-state index in [1.807, 2.05) is 12.1 Å². The highest BCUT2D eigenvalue weighted by Gasteiger charge is 2.26. The lowest BCUT2D eigenvalue weighted by molar-refractivity contribution is -0.121. The monoisotopic (exact) mass is 414 g/mol. The molecule has 1 saturated heterocycles. The molecule has 0 spiro atoms. The van der Waals surface area contributed by atoms with Crippen LogP contribution in [0.4, 0.5) is 0 Å². The van der Waals surface area contributed by atoms with Gasteiger partial charge in [-0.25, -0.2) is 0 Å². The number of benzene rings is 2. The molecule has 0 aliphatic carbocycles. The molecule has 1 amide bonds. The second-order valence-corrected chi connectivity index (χ2v) is 7.99. The summed E-state index contributed by atoms with van der Waals surface area (Å²) in [6.45, 7) is 5.28. The van der Waals surface area contributed by atoms with Crippen molar-refractivity contribution >= 4 is 5.91 Å². The first kappa shape index (κ1) is 21.2. The number of aromatic nitrogens is 1. The molecular weight excluding hydrogens is 384 g/mol. The average molecular weight is 415 g/mol. The van der Waals surface area contributed by atoms with Gasteiger partial charge in [0.05, 0.1) is 6.04 Å². The van der Waals surface area contributed by atoms with Crippen molar-refractivity contribution in [3.05, 3.63) is 102 Å². The van der Waals surface area contributed by atoms with Crippen LogP contribution >= 0.6 is 0 Å². The summed E-state index contributed by atoms with van der Waals surface area (Å²) >= 11 is 0. The zero-order valence-corrected chi connectivity index (χ0v) is 17.9. The summed E-state index contributed by atoms with van der Waals surface area (Å²) in [5.41, 5.74) is 3.69. The summed E-state index contributed by atoms with van der Waals surface area (Å²) in [6.07, 6.45) is 4.06. The molecule has 0 unspecified atom stereocenters. The van der Waals surface area contributed by atoms with E-state index in [1.165, 1.54) is 11.1 Å². The Labute approximate surface area is 184 Å². The lowest BCUT2D eigenvalue weighted by Gasteiger charge is -2.39. The second-order valence-electron chi connectivity index (χ2n) is 7.99. The molecule has 0 atom stereocenters. The molecule has 2 heterocycles. The van der Waals surface area contributed by atoms with Crippen molar-refractivity contribution < 1.29 is 4.79 Å². The standard InChI is InChI=1S/C26H30N4O/c31-25(28-21-22-8-7-14-27-20-22)13-15-29-16-18-30(19-17-29)26(23-9-3-1-4-10-23)24-11-5-2-6-12-24/h1-12,14,20,26H,13,15-19,21H2,(H,28,31). The van der Waals surface area contributed by atoms with Gasteiger partial charge in [0.15, 0.2) is 0 Å². The summed E-state index contributed by atoms with van der Waals surface area (Å²) in [6, 6.07) is 25.6. The maximum absolute atomic E-state index is 12.2. The molecule has 31 heavy (non-hydrogen) atoms. The summed E-state index contributed by atoms with van der Waals surface area (Å²) in [4.78, 5) is 21.3. The molecule has 1 aliphatic heterocycles. The Morgan fingerprint density at radius 1 is 0.871 bits per heavy atom. The van der Waals surface area contributed by atoms with Gasteiger partial charge in [0.25, 0.3) is 0 Å². The van der Waals surface area contributed by atoms with Gasteiger partial charge in [0.1, 0.15) is 0 Å². The van der Waals surface area contributed by atoms with Gasteiger partial charge < -0.3 is 10.2 Å². The van der Waals surface area contributed by atoms with Crippen molar-refractivity contribution in [3.8, 4) is 0 Å². The largest absolute Gasteiger partial charge is 0.352 e. The molecular formula is C26H30N4O. The fourth-order valence-corrected chi connectivity index (χ4v) is 4.18. The first-order valence-electron chi connectivity index (χ1n) is 11.0. The molecule has 160 valence electrons. The van der Waals surface area contributed by atoms with Crippen LogP contribution in [0.15, 0.2) is 85.2 Å². The van der Waals surface area contributed by atoms with Gasteiger partial charge in [-0.3, -0.25) is 14.7 Å². The number of carbonyl (C=O) groups is 1. The van der Waals surface area contributed by atoms with E-state index in [0.717, 1.165) is 38.3 Å². The van der Waals surface area contributed by atoms with Gasteiger partial charge in [-0.2, -0.15) is 0 Å². The topological polar surface area (TPSA) is 48.5 Å². The Hall–Kier alpha value is -3.02. The van der Waals surface area contributed by atoms with Crippen molar-refractivity contribution in [2.45, 2.75) is 19.0 Å². The van der Waals surface area contributed by atoms with Crippen molar-refractivity contribution in [2.75, 3.05) is 32.7 Å². The fraction of sp³-hybridized carbons (Fsp3) is 0.308. The molecule has 5 heteroatoms. The number of rotatable bonds is 8. The van der Waals surface area contributed by atoms with Crippen LogP contribution < -0.4 is 5.32 Å². The van der Waals surface area contributed by atoms with E-state index >= 15 is 0 Å². The van der Waals surface area contributed by atoms with Crippen LogP contribution in [0.25, 0.3) is 0 Å². The molecule has 1 fully saturated rings. The summed E-state index contributed by atoms with van der Waals surface area (Å²) in [5, 5.41) is 2.99. The van der Waals surface area contributed by atoms with E-state index in [1.54, 1.807) is 12.4 Å². The first-order chi connectivity index (χ1) is 15.3. The Morgan fingerprint density at radius 2 is 1.52 bits per heavy atom. The Balaban J connectivity index is 1.28. The number of hydrogen-bond acceptors (Lipinski definition) is 4. The average Bonchev–Trinajstić information content (AvgIpc) is 2.84. The number of amides is 1. The predicted molar refractivity (Wildman–Crippen MR) is 123 cm³/mol. The van der Waals surface area contributed by atoms with Gasteiger partial charge in [0.2, 0.25) is 5.91 Å². The lowest BCUT2D eigenvalue weighted by atomic mass is 9.96. The van der Waals surface area contributed by atoms with Gasteiger partial charge >= 0.3 is 0 Å². The number of hydrogen-bond donors (Lipinski definition) is 1.